The van der Waals surface area contributed by atoms with Crippen molar-refractivity contribution in [3.63, 3.8) is 0 Å². The van der Waals surface area contributed by atoms with E-state index in [1.165, 1.54) is 0 Å². The summed E-state index contributed by atoms with van der Waals surface area (Å²) in [6.45, 7) is 9.28. The summed E-state index contributed by atoms with van der Waals surface area (Å²) < 4.78 is 0. The molecule has 0 aliphatic heterocycles. The van der Waals surface area contributed by atoms with E-state index in [0.29, 0.717) is 13.0 Å². The lowest BCUT2D eigenvalue weighted by atomic mass is 10.0. The van der Waals surface area contributed by atoms with E-state index < -0.39 is 0 Å². The largest absolute Gasteiger partial charge is 0.356 e. The van der Waals surface area contributed by atoms with Gasteiger partial charge in [0.2, 0.25) is 5.91 Å². The summed E-state index contributed by atoms with van der Waals surface area (Å²) in [5, 5.41) is 11.3. The van der Waals surface area contributed by atoms with Crippen LogP contribution in [0.3, 0.4) is 0 Å². The first-order chi connectivity index (χ1) is 7.35. The molecule has 1 aliphatic rings. The highest BCUT2D eigenvalue weighted by Crippen LogP contribution is 2.68. The van der Waals surface area contributed by atoms with Crippen molar-refractivity contribution in [1.82, 2.24) is 5.32 Å². The highest BCUT2D eigenvalue weighted by molar-refractivity contribution is 5.84. The van der Waals surface area contributed by atoms with Gasteiger partial charge in [-0.15, -0.1) is 0 Å². The van der Waals surface area contributed by atoms with Crippen LogP contribution in [0.5, 0.6) is 0 Å². The molecule has 0 aromatic carbocycles. The Morgan fingerprint density at radius 2 is 1.81 bits per heavy atom. The minimum absolute atomic E-state index is 0.115. The number of carbonyl (C=O) groups excluding carboxylic acids is 1. The van der Waals surface area contributed by atoms with Crippen molar-refractivity contribution in [2.24, 2.45) is 16.7 Å². The van der Waals surface area contributed by atoms with Gasteiger partial charge in [0.25, 0.3) is 0 Å². The smallest absolute Gasteiger partial charge is 0.224 e. The van der Waals surface area contributed by atoms with Gasteiger partial charge in [0.1, 0.15) is 0 Å². The number of nitriles is 1. The van der Waals surface area contributed by atoms with Gasteiger partial charge in [-0.1, -0.05) is 27.7 Å². The topological polar surface area (TPSA) is 52.9 Å². The number of nitrogens with zero attached hydrogens (tertiary/aromatic N) is 1. The molecular weight excluding hydrogens is 200 g/mol. The monoisotopic (exact) mass is 222 g/mol. The number of unbranched alkanes of at least 4 members (excludes halogenated alkanes) is 2. The molecule has 90 valence electrons. The van der Waals surface area contributed by atoms with Crippen LogP contribution in [-0.4, -0.2) is 12.5 Å². The van der Waals surface area contributed by atoms with Gasteiger partial charge in [0, 0.05) is 18.9 Å². The van der Waals surface area contributed by atoms with E-state index in [-0.39, 0.29) is 22.7 Å². The van der Waals surface area contributed by atoms with Crippen molar-refractivity contribution in [2.75, 3.05) is 6.54 Å². The Bertz CT molecular complexity index is 298. The molecule has 0 aromatic rings. The molecule has 1 fully saturated rings. The molecule has 0 atom stereocenters. The third-order valence-corrected chi connectivity index (χ3v) is 4.30. The summed E-state index contributed by atoms with van der Waals surface area (Å²) in [5.41, 5.74) is 0.230. The van der Waals surface area contributed by atoms with Crippen LogP contribution >= 0.6 is 0 Å². The maximum Gasteiger partial charge on any atom is 0.224 e. The molecule has 16 heavy (non-hydrogen) atoms. The van der Waals surface area contributed by atoms with Crippen molar-refractivity contribution >= 4 is 5.91 Å². The SMILES string of the molecule is CC1(C)C(C(=O)NCCCCC#N)C1(C)C. The second-order valence-electron chi connectivity index (χ2n) is 5.78. The summed E-state index contributed by atoms with van der Waals surface area (Å²) >= 11 is 0. The van der Waals surface area contributed by atoms with E-state index in [2.05, 4.69) is 39.1 Å². The lowest BCUT2D eigenvalue weighted by Crippen LogP contribution is -2.28. The van der Waals surface area contributed by atoms with Gasteiger partial charge in [0.15, 0.2) is 0 Å². The summed E-state index contributed by atoms with van der Waals surface area (Å²) in [6.07, 6.45) is 2.34. The van der Waals surface area contributed by atoms with Crippen LogP contribution in [0.4, 0.5) is 0 Å². The van der Waals surface area contributed by atoms with Crippen molar-refractivity contribution in [1.29, 1.82) is 5.26 Å². The molecule has 0 unspecified atom stereocenters. The standard InChI is InChI=1S/C13H22N2O/c1-12(2)10(13(12,3)4)11(16)15-9-7-5-6-8-14/h10H,5-7,9H2,1-4H3,(H,15,16). The summed E-state index contributed by atoms with van der Waals surface area (Å²) in [4.78, 5) is 11.9. The van der Waals surface area contributed by atoms with E-state index in [4.69, 9.17) is 5.26 Å². The highest BCUT2D eigenvalue weighted by Gasteiger charge is 2.68. The van der Waals surface area contributed by atoms with E-state index >= 15 is 0 Å². The second-order valence-corrected chi connectivity index (χ2v) is 5.78. The molecule has 1 amide bonds. The fourth-order valence-electron chi connectivity index (χ4n) is 2.49. The van der Waals surface area contributed by atoms with Crippen LogP contribution < -0.4 is 5.32 Å². The van der Waals surface area contributed by atoms with Crippen LogP contribution in [0.25, 0.3) is 0 Å². The van der Waals surface area contributed by atoms with Gasteiger partial charge in [-0.2, -0.15) is 5.26 Å². The molecular formula is C13H22N2O. The van der Waals surface area contributed by atoms with Crippen molar-refractivity contribution in [3.05, 3.63) is 0 Å². The highest BCUT2D eigenvalue weighted by atomic mass is 16.2. The zero-order valence-corrected chi connectivity index (χ0v) is 10.8. The Kier molecular flexibility index (Phi) is 3.62. The number of carbonyl (C=O) groups is 1. The van der Waals surface area contributed by atoms with Crippen molar-refractivity contribution in [2.45, 2.75) is 47.0 Å². The van der Waals surface area contributed by atoms with Crippen LogP contribution in [0.2, 0.25) is 0 Å². The molecule has 1 N–H and O–H groups in total. The molecule has 0 radical (unpaired) electrons. The fourth-order valence-corrected chi connectivity index (χ4v) is 2.49. The van der Waals surface area contributed by atoms with E-state index in [0.717, 1.165) is 12.8 Å². The average molecular weight is 222 g/mol. The van der Waals surface area contributed by atoms with Crippen LogP contribution in [-0.2, 0) is 4.79 Å². The second kappa shape index (κ2) is 4.45. The molecule has 3 heteroatoms. The quantitative estimate of drug-likeness (QED) is 0.726. The number of rotatable bonds is 5. The Balaban J connectivity index is 2.26. The maximum atomic E-state index is 11.9. The van der Waals surface area contributed by atoms with Gasteiger partial charge in [-0.25, -0.2) is 0 Å². The van der Waals surface area contributed by atoms with Crippen molar-refractivity contribution in [3.8, 4) is 6.07 Å². The number of nitrogens with one attached hydrogen (secondary N) is 1. The average Bonchev–Trinajstić information content (AvgIpc) is 2.57. The Morgan fingerprint density at radius 3 is 2.25 bits per heavy atom. The molecule has 0 saturated heterocycles. The summed E-state index contributed by atoms with van der Waals surface area (Å²) in [6, 6.07) is 2.10. The van der Waals surface area contributed by atoms with Crippen LogP contribution in [0, 0.1) is 28.1 Å². The predicted octanol–water partition coefficient (Wildman–Crippen LogP) is 2.48. The summed E-state index contributed by atoms with van der Waals surface area (Å²) in [5.74, 6) is 0.308. The van der Waals surface area contributed by atoms with E-state index in [1.807, 2.05) is 0 Å². The molecule has 0 bridgehead atoms. The van der Waals surface area contributed by atoms with E-state index in [9.17, 15) is 4.79 Å². The van der Waals surface area contributed by atoms with Gasteiger partial charge >= 0.3 is 0 Å². The first-order valence-electron chi connectivity index (χ1n) is 6.00. The molecule has 3 nitrogen and oxygen atoms in total. The first-order valence-corrected chi connectivity index (χ1v) is 6.00. The zero-order chi connectivity index (χ0) is 12.4. The zero-order valence-electron chi connectivity index (χ0n) is 10.8. The maximum absolute atomic E-state index is 11.9. The normalized spacial score (nSPS) is 21.2. The molecule has 0 aromatic heterocycles. The Morgan fingerprint density at radius 1 is 1.25 bits per heavy atom. The van der Waals surface area contributed by atoms with Gasteiger partial charge < -0.3 is 5.32 Å². The third kappa shape index (κ3) is 2.21. The molecule has 1 saturated carbocycles. The van der Waals surface area contributed by atoms with Gasteiger partial charge in [-0.05, 0) is 23.7 Å². The predicted molar refractivity (Wildman–Crippen MR) is 63.5 cm³/mol. The minimum atomic E-state index is 0.115. The van der Waals surface area contributed by atoms with Crippen molar-refractivity contribution < 1.29 is 4.79 Å². The Labute approximate surface area is 98.2 Å². The van der Waals surface area contributed by atoms with Crippen LogP contribution in [0.1, 0.15) is 47.0 Å². The number of hydrogen-bond acceptors (Lipinski definition) is 2. The third-order valence-electron chi connectivity index (χ3n) is 4.30. The molecule has 0 spiro atoms. The molecule has 1 aliphatic carbocycles. The number of hydrogen-bond donors (Lipinski definition) is 1. The molecule has 1 rings (SSSR count). The number of amides is 1. The lowest BCUT2D eigenvalue weighted by Gasteiger charge is -2.05. The van der Waals surface area contributed by atoms with Gasteiger partial charge in [0.05, 0.1) is 6.07 Å². The van der Waals surface area contributed by atoms with Crippen LogP contribution in [0.15, 0.2) is 0 Å². The van der Waals surface area contributed by atoms with Gasteiger partial charge in [-0.3, -0.25) is 4.79 Å². The van der Waals surface area contributed by atoms with E-state index in [1.54, 1.807) is 0 Å². The summed E-state index contributed by atoms with van der Waals surface area (Å²) in [7, 11) is 0. The lowest BCUT2D eigenvalue weighted by molar-refractivity contribution is -0.123. The first kappa shape index (κ1) is 13.0. The Hall–Kier alpha value is -1.04. The minimum Gasteiger partial charge on any atom is -0.356 e. The molecule has 0 heterocycles. The fraction of sp³-hybridized carbons (Fsp3) is 0.846.